The normalized spacial score (nSPS) is 18.1. The number of ether oxygens (including phenoxy) is 1. The number of nitrogens with one attached hydrogen (secondary N) is 1. The molecule has 1 saturated heterocycles. The highest BCUT2D eigenvalue weighted by molar-refractivity contribution is 5.92. The van der Waals surface area contributed by atoms with Crippen molar-refractivity contribution in [3.63, 3.8) is 0 Å². The first-order valence-corrected chi connectivity index (χ1v) is 8.04. The van der Waals surface area contributed by atoms with Crippen molar-refractivity contribution in [3.8, 4) is 0 Å². The Morgan fingerprint density at radius 3 is 2.79 bits per heavy atom. The van der Waals surface area contributed by atoms with Gasteiger partial charge in [-0.25, -0.2) is 9.78 Å². The number of hydrogen-bond donors (Lipinski definition) is 3. The highest BCUT2D eigenvalue weighted by Gasteiger charge is 2.26. The Labute approximate surface area is 140 Å². The van der Waals surface area contributed by atoms with Crippen LogP contribution in [-0.2, 0) is 4.74 Å². The quantitative estimate of drug-likeness (QED) is 0.707. The number of carbonyl (C=O) groups excluding carboxylic acids is 2. The van der Waals surface area contributed by atoms with Crippen molar-refractivity contribution in [1.29, 1.82) is 0 Å². The topological polar surface area (TPSA) is 131 Å². The molecule has 0 radical (unpaired) electrons. The molecule has 134 valence electrons. The number of hydrogen-bond acceptors (Lipinski definition) is 7. The Bertz CT molecular complexity index is 566. The molecule has 0 aliphatic carbocycles. The highest BCUT2D eigenvalue weighted by atomic mass is 16.6. The summed E-state index contributed by atoms with van der Waals surface area (Å²) in [5.41, 5.74) is 5.84. The SMILES string of the molecule is CCOC(=O)N1CCC(NC(=O)c2coc(C(N)C(C)O)n2)CC1. The zero-order valence-corrected chi connectivity index (χ0v) is 13.9. The molecule has 1 aliphatic heterocycles. The van der Waals surface area contributed by atoms with Crippen LogP contribution in [0.3, 0.4) is 0 Å². The van der Waals surface area contributed by atoms with Gasteiger partial charge >= 0.3 is 6.09 Å². The van der Waals surface area contributed by atoms with Gasteiger partial charge in [-0.05, 0) is 26.7 Å². The summed E-state index contributed by atoms with van der Waals surface area (Å²) >= 11 is 0. The van der Waals surface area contributed by atoms with Crippen LogP contribution in [0.2, 0.25) is 0 Å². The van der Waals surface area contributed by atoms with E-state index in [1.807, 2.05) is 0 Å². The van der Waals surface area contributed by atoms with Gasteiger partial charge in [-0.1, -0.05) is 0 Å². The summed E-state index contributed by atoms with van der Waals surface area (Å²) < 4.78 is 10.1. The van der Waals surface area contributed by atoms with Gasteiger partial charge in [-0.15, -0.1) is 0 Å². The number of nitrogens with two attached hydrogens (primary N) is 1. The summed E-state index contributed by atoms with van der Waals surface area (Å²) in [6.07, 6.45) is 1.35. The second-order valence-electron chi connectivity index (χ2n) is 5.77. The molecule has 2 rings (SSSR count). The van der Waals surface area contributed by atoms with E-state index in [9.17, 15) is 14.7 Å². The Balaban J connectivity index is 1.84. The van der Waals surface area contributed by atoms with Crippen LogP contribution in [0.5, 0.6) is 0 Å². The van der Waals surface area contributed by atoms with E-state index >= 15 is 0 Å². The minimum absolute atomic E-state index is 0.0474. The zero-order chi connectivity index (χ0) is 17.7. The Hall–Kier alpha value is -2.13. The Morgan fingerprint density at radius 2 is 2.21 bits per heavy atom. The van der Waals surface area contributed by atoms with E-state index in [1.165, 1.54) is 13.2 Å². The van der Waals surface area contributed by atoms with Crippen molar-refractivity contribution in [1.82, 2.24) is 15.2 Å². The maximum atomic E-state index is 12.2. The van der Waals surface area contributed by atoms with Crippen LogP contribution in [0.4, 0.5) is 4.79 Å². The van der Waals surface area contributed by atoms with E-state index in [1.54, 1.807) is 11.8 Å². The molecule has 9 nitrogen and oxygen atoms in total. The number of rotatable bonds is 5. The molecule has 2 atom stereocenters. The van der Waals surface area contributed by atoms with Gasteiger partial charge in [0.1, 0.15) is 12.3 Å². The molecule has 24 heavy (non-hydrogen) atoms. The fourth-order valence-corrected chi connectivity index (χ4v) is 2.43. The lowest BCUT2D eigenvalue weighted by Gasteiger charge is -2.31. The molecule has 1 aromatic heterocycles. The number of aliphatic hydroxyl groups is 1. The van der Waals surface area contributed by atoms with Crippen LogP contribution in [0.1, 0.15) is 49.1 Å². The maximum absolute atomic E-state index is 12.2. The van der Waals surface area contributed by atoms with Crippen LogP contribution in [-0.4, -0.2) is 58.8 Å². The van der Waals surface area contributed by atoms with Crippen LogP contribution >= 0.6 is 0 Å². The number of aliphatic hydroxyl groups excluding tert-OH is 1. The van der Waals surface area contributed by atoms with Crippen molar-refractivity contribution in [2.75, 3.05) is 19.7 Å². The summed E-state index contributed by atoms with van der Waals surface area (Å²) in [6.45, 7) is 4.69. The summed E-state index contributed by atoms with van der Waals surface area (Å²) in [7, 11) is 0. The number of nitrogens with zero attached hydrogens (tertiary/aromatic N) is 2. The number of aromatic nitrogens is 1. The van der Waals surface area contributed by atoms with Crippen LogP contribution in [0, 0.1) is 0 Å². The van der Waals surface area contributed by atoms with Crippen molar-refractivity contribution in [3.05, 3.63) is 17.8 Å². The van der Waals surface area contributed by atoms with E-state index in [2.05, 4.69) is 10.3 Å². The molecule has 1 aliphatic rings. The molecule has 0 spiro atoms. The minimum Gasteiger partial charge on any atom is -0.450 e. The molecule has 1 aromatic rings. The minimum atomic E-state index is -0.827. The van der Waals surface area contributed by atoms with Crippen LogP contribution in [0.15, 0.2) is 10.7 Å². The van der Waals surface area contributed by atoms with Crippen LogP contribution in [0.25, 0.3) is 0 Å². The molecular weight excluding hydrogens is 316 g/mol. The molecule has 0 bridgehead atoms. The number of amides is 2. The predicted octanol–water partition coefficient (Wildman–Crippen LogP) is 0.406. The molecule has 1 fully saturated rings. The molecule has 2 amide bonds. The summed E-state index contributed by atoms with van der Waals surface area (Å²) in [5, 5.41) is 12.3. The second-order valence-corrected chi connectivity index (χ2v) is 5.77. The first-order chi connectivity index (χ1) is 11.4. The van der Waals surface area contributed by atoms with E-state index in [-0.39, 0.29) is 29.6 Å². The fourth-order valence-electron chi connectivity index (χ4n) is 2.43. The van der Waals surface area contributed by atoms with Gasteiger partial charge in [0.2, 0.25) is 5.89 Å². The van der Waals surface area contributed by atoms with Gasteiger partial charge in [-0.2, -0.15) is 0 Å². The van der Waals surface area contributed by atoms with Crippen molar-refractivity contribution < 1.29 is 23.8 Å². The first kappa shape index (κ1) is 18.2. The standard InChI is InChI=1S/C15H24N4O5/c1-3-23-15(22)19-6-4-10(5-7-19)17-13(21)11-8-24-14(18-11)12(16)9(2)20/h8-10,12,20H,3-7,16H2,1-2H3,(H,17,21). The largest absolute Gasteiger partial charge is 0.450 e. The van der Waals surface area contributed by atoms with E-state index in [4.69, 9.17) is 14.9 Å². The number of carbonyl (C=O) groups is 2. The lowest BCUT2D eigenvalue weighted by molar-refractivity contribution is 0.0856. The zero-order valence-electron chi connectivity index (χ0n) is 13.9. The summed E-state index contributed by atoms with van der Waals surface area (Å²) in [5.74, 6) is -0.246. The molecule has 2 heterocycles. The molecule has 4 N–H and O–H groups in total. The average Bonchev–Trinajstić information content (AvgIpc) is 3.05. The molecule has 0 saturated carbocycles. The van der Waals surface area contributed by atoms with Gasteiger partial charge in [0.05, 0.1) is 12.7 Å². The van der Waals surface area contributed by atoms with Gasteiger partial charge < -0.3 is 30.2 Å². The van der Waals surface area contributed by atoms with Crippen LogP contribution < -0.4 is 11.1 Å². The summed E-state index contributed by atoms with van der Waals surface area (Å²) in [6, 6.07) is -0.826. The third-order valence-corrected chi connectivity index (χ3v) is 3.92. The number of piperidine rings is 1. The Kier molecular flexibility index (Phi) is 6.16. The van der Waals surface area contributed by atoms with E-state index in [0.717, 1.165) is 0 Å². The number of likely N-dealkylation sites (tertiary alicyclic amines) is 1. The second kappa shape index (κ2) is 8.11. The molecular formula is C15H24N4O5. The lowest BCUT2D eigenvalue weighted by Crippen LogP contribution is -2.46. The van der Waals surface area contributed by atoms with E-state index < -0.39 is 12.1 Å². The maximum Gasteiger partial charge on any atom is 0.409 e. The highest BCUT2D eigenvalue weighted by Crippen LogP contribution is 2.15. The fraction of sp³-hybridized carbons (Fsp3) is 0.667. The number of oxazole rings is 1. The molecule has 2 unspecified atom stereocenters. The van der Waals surface area contributed by atoms with Crippen molar-refractivity contribution in [2.24, 2.45) is 5.73 Å². The monoisotopic (exact) mass is 340 g/mol. The van der Waals surface area contributed by atoms with Gasteiger partial charge in [0, 0.05) is 19.1 Å². The van der Waals surface area contributed by atoms with Gasteiger partial charge in [-0.3, -0.25) is 4.79 Å². The third kappa shape index (κ3) is 4.45. The van der Waals surface area contributed by atoms with Gasteiger partial charge in [0.25, 0.3) is 5.91 Å². The molecule has 9 heteroatoms. The predicted molar refractivity (Wildman–Crippen MR) is 84.2 cm³/mol. The first-order valence-electron chi connectivity index (χ1n) is 8.04. The van der Waals surface area contributed by atoms with E-state index in [0.29, 0.717) is 32.5 Å². The van der Waals surface area contributed by atoms with Crippen molar-refractivity contribution >= 4 is 12.0 Å². The van der Waals surface area contributed by atoms with Gasteiger partial charge in [0.15, 0.2) is 5.69 Å². The molecule has 0 aromatic carbocycles. The summed E-state index contributed by atoms with van der Waals surface area (Å²) in [4.78, 5) is 29.5. The third-order valence-electron chi connectivity index (χ3n) is 3.92. The van der Waals surface area contributed by atoms with Crippen molar-refractivity contribution in [2.45, 2.75) is 44.9 Å². The average molecular weight is 340 g/mol. The smallest absolute Gasteiger partial charge is 0.409 e. The Morgan fingerprint density at radius 1 is 1.54 bits per heavy atom. The lowest BCUT2D eigenvalue weighted by atomic mass is 10.1.